The molecule has 3 aromatic heterocycles. The summed E-state index contributed by atoms with van der Waals surface area (Å²) in [4.78, 5) is 28.5. The maximum absolute atomic E-state index is 13.9. The lowest BCUT2D eigenvalue weighted by atomic mass is 9.96. The van der Waals surface area contributed by atoms with Gasteiger partial charge in [-0.1, -0.05) is 0 Å². The molecule has 1 aromatic carbocycles. The number of carbonyl (C=O) groups is 1. The van der Waals surface area contributed by atoms with Crippen molar-refractivity contribution in [3.05, 3.63) is 78.2 Å². The summed E-state index contributed by atoms with van der Waals surface area (Å²) >= 11 is 0. The molecule has 2 saturated heterocycles. The smallest absolute Gasteiger partial charge is 0.346 e. The van der Waals surface area contributed by atoms with Gasteiger partial charge in [0.05, 0.1) is 17.3 Å². The lowest BCUT2D eigenvalue weighted by molar-refractivity contribution is -0.140. The molecule has 0 bridgehead atoms. The van der Waals surface area contributed by atoms with E-state index in [9.17, 15) is 22.4 Å². The van der Waals surface area contributed by atoms with Crippen molar-refractivity contribution < 1.29 is 22.4 Å². The zero-order chi connectivity index (χ0) is 25.7. The molecule has 5 heterocycles. The molecule has 7 nitrogen and oxygen atoms in total. The molecular weight excluding hydrogens is 488 g/mol. The van der Waals surface area contributed by atoms with Crippen LogP contribution >= 0.6 is 0 Å². The summed E-state index contributed by atoms with van der Waals surface area (Å²) in [6.45, 7) is 2.60. The van der Waals surface area contributed by atoms with Crippen LogP contribution in [-0.4, -0.2) is 67.4 Å². The van der Waals surface area contributed by atoms with Gasteiger partial charge in [0.2, 0.25) is 0 Å². The Morgan fingerprint density at radius 1 is 1.05 bits per heavy atom. The third-order valence-electron chi connectivity index (χ3n) is 7.25. The normalized spacial score (nSPS) is 17.9. The van der Waals surface area contributed by atoms with Crippen LogP contribution in [-0.2, 0) is 6.18 Å². The highest BCUT2D eigenvalue weighted by molar-refractivity contribution is 5.94. The van der Waals surface area contributed by atoms with Crippen molar-refractivity contribution in [2.24, 2.45) is 0 Å². The highest BCUT2D eigenvalue weighted by atomic mass is 19.4. The zero-order valence-corrected chi connectivity index (χ0v) is 19.7. The molecule has 0 atom stereocenters. The number of carbonyl (C=O) groups excluding carboxylic acids is 1. The van der Waals surface area contributed by atoms with Crippen molar-refractivity contribution in [1.82, 2.24) is 29.3 Å². The van der Waals surface area contributed by atoms with Crippen LogP contribution in [0, 0.1) is 11.9 Å². The van der Waals surface area contributed by atoms with Crippen LogP contribution in [0.1, 0.15) is 28.8 Å². The van der Waals surface area contributed by atoms with Gasteiger partial charge in [0.15, 0.2) is 0 Å². The highest BCUT2D eigenvalue weighted by Gasteiger charge is 2.37. The third kappa shape index (κ3) is 4.37. The number of amides is 1. The molecule has 2 aliphatic heterocycles. The summed E-state index contributed by atoms with van der Waals surface area (Å²) in [7, 11) is 0. The lowest BCUT2D eigenvalue weighted by Crippen LogP contribution is -2.56. The minimum absolute atomic E-state index is 0.0625. The van der Waals surface area contributed by atoms with Gasteiger partial charge in [-0.25, -0.2) is 14.4 Å². The Morgan fingerprint density at radius 2 is 1.84 bits per heavy atom. The quantitative estimate of drug-likeness (QED) is 0.407. The molecule has 37 heavy (non-hydrogen) atoms. The summed E-state index contributed by atoms with van der Waals surface area (Å²) in [5, 5.41) is 0.973. The minimum Gasteiger partial charge on any atom is -0.346 e. The van der Waals surface area contributed by atoms with Crippen molar-refractivity contribution >= 4 is 16.9 Å². The number of halogens is 4. The molecule has 191 valence electrons. The van der Waals surface area contributed by atoms with Gasteiger partial charge in [-0.05, 0) is 43.2 Å². The van der Waals surface area contributed by atoms with E-state index in [1.807, 2.05) is 24.5 Å². The second-order valence-corrected chi connectivity index (χ2v) is 9.46. The van der Waals surface area contributed by atoms with E-state index in [0.29, 0.717) is 31.3 Å². The first-order valence-corrected chi connectivity index (χ1v) is 12.0. The van der Waals surface area contributed by atoms with Crippen LogP contribution in [0.5, 0.6) is 0 Å². The third-order valence-corrected chi connectivity index (χ3v) is 7.25. The number of aromatic nitrogens is 4. The van der Waals surface area contributed by atoms with Gasteiger partial charge in [0.1, 0.15) is 17.8 Å². The number of H-pyrrole nitrogens is 1. The summed E-state index contributed by atoms with van der Waals surface area (Å²) in [6.07, 6.45) is 4.23. The average Bonchev–Trinajstić information content (AvgIpc) is 3.52. The molecule has 6 rings (SSSR count). The fourth-order valence-electron chi connectivity index (χ4n) is 5.17. The molecule has 2 fully saturated rings. The first-order valence-electron chi connectivity index (χ1n) is 12.0. The molecular formula is C26H23F4N6O. The second kappa shape index (κ2) is 8.98. The topological polar surface area (TPSA) is 70.1 Å². The van der Waals surface area contributed by atoms with E-state index in [-0.39, 0.29) is 5.56 Å². The molecule has 0 saturated carbocycles. The number of fused-ring (bicyclic) bond motifs is 1. The van der Waals surface area contributed by atoms with Crippen molar-refractivity contribution in [3.8, 4) is 11.3 Å². The number of piperidine rings is 1. The van der Waals surface area contributed by atoms with Gasteiger partial charge in [0.25, 0.3) is 5.91 Å². The first-order chi connectivity index (χ1) is 17.8. The van der Waals surface area contributed by atoms with Crippen LogP contribution in [0.25, 0.3) is 22.3 Å². The summed E-state index contributed by atoms with van der Waals surface area (Å²) in [5.41, 5.74) is 1.27. The predicted molar refractivity (Wildman–Crippen MR) is 128 cm³/mol. The van der Waals surface area contributed by atoms with Gasteiger partial charge in [-0.2, -0.15) is 13.2 Å². The average molecular weight is 512 g/mol. The minimum atomic E-state index is -4.79. The number of benzene rings is 1. The Bertz CT molecular complexity index is 1450. The Kier molecular flexibility index (Phi) is 5.74. The molecule has 11 heteroatoms. The number of hydrogen-bond donors (Lipinski definition) is 1. The summed E-state index contributed by atoms with van der Waals surface area (Å²) < 4.78 is 54.5. The molecule has 2 aliphatic rings. The number of nitrogens with zero attached hydrogens (tertiary/aromatic N) is 5. The van der Waals surface area contributed by atoms with Crippen LogP contribution in [0.2, 0.25) is 0 Å². The standard InChI is InChI=1S/C26H23F4N6O/c27-22-11-16(1-2-21(22)26(28,29)30)25(37)34-9-5-18(6-10-34)36-13-19(14-36)35-8-4-17(12-35)23-20-3-7-31-24(20)33-15-32-23/h1-4,7-8,11-12,15,18H,5-6,9-10,13-14H2,(H,31,32,33). The number of nitrogens with one attached hydrogen (secondary N) is 1. The molecule has 4 aromatic rings. The SMILES string of the molecule is O=C(c1ccc(C(F)(F)F)c(F)c1)N1CCC(N2C[C](n3ccc(-c4ncnc5[nH]ccc45)c3)C2)CC1. The first kappa shape index (κ1) is 23.7. The monoisotopic (exact) mass is 511 g/mol. The van der Waals surface area contributed by atoms with E-state index in [2.05, 4.69) is 30.6 Å². The summed E-state index contributed by atoms with van der Waals surface area (Å²) in [6, 6.07) is 7.94. The Hall–Kier alpha value is -3.73. The maximum atomic E-state index is 13.9. The molecule has 0 spiro atoms. The van der Waals surface area contributed by atoms with E-state index in [0.717, 1.165) is 54.3 Å². The van der Waals surface area contributed by atoms with Gasteiger partial charge < -0.3 is 14.5 Å². The number of aromatic amines is 1. The van der Waals surface area contributed by atoms with E-state index in [1.165, 1.54) is 6.04 Å². The molecule has 0 unspecified atom stereocenters. The maximum Gasteiger partial charge on any atom is 0.419 e. The Morgan fingerprint density at radius 3 is 2.57 bits per heavy atom. The van der Waals surface area contributed by atoms with E-state index >= 15 is 0 Å². The van der Waals surface area contributed by atoms with Crippen LogP contribution in [0.3, 0.4) is 0 Å². The lowest BCUT2D eigenvalue weighted by Gasteiger charge is -2.47. The fraction of sp³-hybridized carbons (Fsp3) is 0.308. The fourth-order valence-corrected chi connectivity index (χ4v) is 5.17. The van der Waals surface area contributed by atoms with Gasteiger partial charge in [-0.15, -0.1) is 0 Å². The Labute approximate surface area is 209 Å². The molecule has 1 N–H and O–H groups in total. The second-order valence-electron chi connectivity index (χ2n) is 9.46. The largest absolute Gasteiger partial charge is 0.419 e. The number of alkyl halides is 3. The van der Waals surface area contributed by atoms with Crippen LogP contribution in [0.15, 0.2) is 55.2 Å². The van der Waals surface area contributed by atoms with E-state index in [1.54, 1.807) is 11.2 Å². The predicted octanol–water partition coefficient (Wildman–Crippen LogP) is 4.58. The number of likely N-dealkylation sites (tertiary alicyclic amines) is 2. The van der Waals surface area contributed by atoms with Crippen molar-refractivity contribution in [3.63, 3.8) is 0 Å². The number of hydrogen-bond acceptors (Lipinski definition) is 4. The van der Waals surface area contributed by atoms with Crippen molar-refractivity contribution in [2.75, 3.05) is 26.2 Å². The van der Waals surface area contributed by atoms with E-state index in [4.69, 9.17) is 0 Å². The van der Waals surface area contributed by atoms with Gasteiger partial charge in [-0.3, -0.25) is 9.69 Å². The number of rotatable bonds is 4. The highest BCUT2D eigenvalue weighted by Crippen LogP contribution is 2.33. The van der Waals surface area contributed by atoms with Crippen molar-refractivity contribution in [1.29, 1.82) is 0 Å². The Balaban J connectivity index is 1.03. The van der Waals surface area contributed by atoms with Crippen LogP contribution < -0.4 is 0 Å². The molecule has 1 amide bonds. The van der Waals surface area contributed by atoms with E-state index < -0.39 is 23.5 Å². The molecule has 1 radical (unpaired) electrons. The summed E-state index contributed by atoms with van der Waals surface area (Å²) in [5.74, 6) is -1.87. The van der Waals surface area contributed by atoms with Gasteiger partial charge in [0, 0.05) is 67.3 Å². The zero-order valence-electron chi connectivity index (χ0n) is 19.7. The van der Waals surface area contributed by atoms with Crippen molar-refractivity contribution in [2.45, 2.75) is 25.1 Å². The van der Waals surface area contributed by atoms with Gasteiger partial charge >= 0.3 is 6.18 Å². The molecule has 0 aliphatic carbocycles. The van der Waals surface area contributed by atoms with Crippen LogP contribution in [0.4, 0.5) is 17.6 Å².